The molecule has 2 heterocycles. The Labute approximate surface area is 92.9 Å². The number of rotatable bonds is 5. The molecule has 0 amide bonds. The zero-order valence-electron chi connectivity index (χ0n) is 8.35. The molecule has 2 aromatic heterocycles. The van der Waals surface area contributed by atoms with Crippen molar-refractivity contribution in [3.05, 3.63) is 46.5 Å². The average Bonchev–Trinajstić information content (AvgIpc) is 2.90. The van der Waals surface area contributed by atoms with E-state index < -0.39 is 0 Å². The first-order chi connectivity index (χ1) is 7.36. The molecule has 1 unspecified atom stereocenters. The van der Waals surface area contributed by atoms with Crippen LogP contribution in [0.2, 0.25) is 0 Å². The molecule has 0 saturated carbocycles. The predicted molar refractivity (Wildman–Crippen MR) is 61.7 cm³/mol. The lowest BCUT2D eigenvalue weighted by Crippen LogP contribution is -2.25. The number of hydrogen-bond donors (Lipinski definition) is 2. The molecule has 0 radical (unpaired) electrons. The molecular weight excluding hydrogens is 208 g/mol. The van der Waals surface area contributed by atoms with Crippen LogP contribution in [0.4, 0.5) is 0 Å². The molecule has 0 spiro atoms. The predicted octanol–water partition coefficient (Wildman–Crippen LogP) is 2.13. The van der Waals surface area contributed by atoms with E-state index in [1.165, 1.54) is 4.88 Å². The first-order valence-corrected chi connectivity index (χ1v) is 5.76. The highest BCUT2D eigenvalue weighted by atomic mass is 32.1. The van der Waals surface area contributed by atoms with E-state index in [-0.39, 0.29) is 6.04 Å². The fourth-order valence-electron chi connectivity index (χ4n) is 1.37. The van der Waals surface area contributed by atoms with Crippen LogP contribution in [0.1, 0.15) is 16.7 Å². The molecule has 0 fully saturated rings. The highest BCUT2D eigenvalue weighted by Gasteiger charge is 2.06. The number of furan rings is 1. The van der Waals surface area contributed by atoms with Crippen LogP contribution in [0, 0.1) is 0 Å². The highest BCUT2D eigenvalue weighted by Crippen LogP contribution is 2.15. The minimum absolute atomic E-state index is 0.0694. The minimum Gasteiger partial charge on any atom is -0.468 e. The standard InChI is InChI=1S/C11H14N2OS/c12-10(11-4-2-6-15-11)8-13-7-9-3-1-5-14-9/h1-6,10,13H,7-8,12H2. The van der Waals surface area contributed by atoms with Crippen LogP contribution >= 0.6 is 11.3 Å². The zero-order chi connectivity index (χ0) is 10.5. The molecule has 15 heavy (non-hydrogen) atoms. The first-order valence-electron chi connectivity index (χ1n) is 4.88. The lowest BCUT2D eigenvalue weighted by molar-refractivity contribution is 0.475. The summed E-state index contributed by atoms with van der Waals surface area (Å²) >= 11 is 1.69. The van der Waals surface area contributed by atoms with Gasteiger partial charge in [0.2, 0.25) is 0 Å². The van der Waals surface area contributed by atoms with E-state index in [9.17, 15) is 0 Å². The van der Waals surface area contributed by atoms with Crippen molar-refractivity contribution in [1.29, 1.82) is 0 Å². The maximum absolute atomic E-state index is 6.00. The lowest BCUT2D eigenvalue weighted by Gasteiger charge is -2.09. The number of nitrogens with two attached hydrogens (primary N) is 1. The molecule has 3 nitrogen and oxygen atoms in total. The summed E-state index contributed by atoms with van der Waals surface area (Å²) in [5.74, 6) is 0.938. The second kappa shape index (κ2) is 5.11. The normalized spacial score (nSPS) is 12.9. The summed E-state index contributed by atoms with van der Waals surface area (Å²) in [6.07, 6.45) is 1.68. The van der Waals surface area contributed by atoms with Crippen molar-refractivity contribution in [2.75, 3.05) is 6.54 Å². The van der Waals surface area contributed by atoms with Crippen molar-refractivity contribution in [1.82, 2.24) is 5.32 Å². The van der Waals surface area contributed by atoms with Crippen LogP contribution in [0.15, 0.2) is 40.3 Å². The summed E-state index contributed by atoms with van der Waals surface area (Å²) in [5, 5.41) is 5.31. The summed E-state index contributed by atoms with van der Waals surface area (Å²) in [7, 11) is 0. The average molecular weight is 222 g/mol. The summed E-state index contributed by atoms with van der Waals surface area (Å²) in [6, 6.07) is 7.98. The quantitative estimate of drug-likeness (QED) is 0.814. The van der Waals surface area contributed by atoms with Crippen LogP contribution in [0.25, 0.3) is 0 Å². The van der Waals surface area contributed by atoms with Crippen molar-refractivity contribution in [3.8, 4) is 0 Å². The Balaban J connectivity index is 1.74. The summed E-state index contributed by atoms with van der Waals surface area (Å²) in [5.41, 5.74) is 6.00. The van der Waals surface area contributed by atoms with Crippen molar-refractivity contribution in [2.24, 2.45) is 5.73 Å². The van der Waals surface area contributed by atoms with E-state index in [2.05, 4.69) is 11.4 Å². The molecule has 3 N–H and O–H groups in total. The third kappa shape index (κ3) is 2.92. The van der Waals surface area contributed by atoms with Gasteiger partial charge in [0.15, 0.2) is 0 Å². The molecule has 0 aliphatic heterocycles. The van der Waals surface area contributed by atoms with Crippen LogP contribution in [-0.4, -0.2) is 6.54 Å². The monoisotopic (exact) mass is 222 g/mol. The topological polar surface area (TPSA) is 51.2 Å². The third-order valence-electron chi connectivity index (χ3n) is 2.15. The summed E-state index contributed by atoms with van der Waals surface area (Å²) in [6.45, 7) is 1.49. The summed E-state index contributed by atoms with van der Waals surface area (Å²) < 4.78 is 5.21. The number of thiophene rings is 1. The van der Waals surface area contributed by atoms with Gasteiger partial charge in [-0.15, -0.1) is 11.3 Å². The van der Waals surface area contributed by atoms with E-state index in [0.717, 1.165) is 18.8 Å². The Kier molecular flexibility index (Phi) is 3.55. The van der Waals surface area contributed by atoms with Gasteiger partial charge >= 0.3 is 0 Å². The molecular formula is C11H14N2OS. The Bertz CT molecular complexity index is 369. The minimum atomic E-state index is 0.0694. The van der Waals surface area contributed by atoms with Crippen LogP contribution in [0.3, 0.4) is 0 Å². The van der Waals surface area contributed by atoms with Gasteiger partial charge < -0.3 is 15.5 Å². The van der Waals surface area contributed by atoms with Gasteiger partial charge in [0.25, 0.3) is 0 Å². The van der Waals surface area contributed by atoms with Crippen LogP contribution < -0.4 is 11.1 Å². The van der Waals surface area contributed by atoms with E-state index in [1.807, 2.05) is 23.6 Å². The number of hydrogen-bond acceptors (Lipinski definition) is 4. The van der Waals surface area contributed by atoms with Crippen LogP contribution in [0.5, 0.6) is 0 Å². The van der Waals surface area contributed by atoms with E-state index >= 15 is 0 Å². The molecule has 2 aromatic rings. The highest BCUT2D eigenvalue weighted by molar-refractivity contribution is 7.10. The van der Waals surface area contributed by atoms with Crippen LogP contribution in [-0.2, 0) is 6.54 Å². The third-order valence-corrected chi connectivity index (χ3v) is 3.16. The second-order valence-corrected chi connectivity index (χ2v) is 4.31. The molecule has 0 bridgehead atoms. The van der Waals surface area contributed by atoms with E-state index in [4.69, 9.17) is 10.2 Å². The smallest absolute Gasteiger partial charge is 0.117 e. The Hall–Kier alpha value is -1.10. The van der Waals surface area contributed by atoms with E-state index in [1.54, 1.807) is 17.6 Å². The molecule has 0 aliphatic rings. The Morgan fingerprint density at radius 3 is 3.00 bits per heavy atom. The van der Waals surface area contributed by atoms with Gasteiger partial charge in [-0.25, -0.2) is 0 Å². The molecule has 0 aromatic carbocycles. The van der Waals surface area contributed by atoms with E-state index in [0.29, 0.717) is 0 Å². The first kappa shape index (κ1) is 10.4. The van der Waals surface area contributed by atoms with Gasteiger partial charge in [0.1, 0.15) is 5.76 Å². The summed E-state index contributed by atoms with van der Waals surface area (Å²) in [4.78, 5) is 1.21. The van der Waals surface area contributed by atoms with Crippen molar-refractivity contribution in [2.45, 2.75) is 12.6 Å². The van der Waals surface area contributed by atoms with Gasteiger partial charge in [-0.2, -0.15) is 0 Å². The Morgan fingerprint density at radius 1 is 1.40 bits per heavy atom. The maximum Gasteiger partial charge on any atom is 0.117 e. The van der Waals surface area contributed by atoms with Crippen molar-refractivity contribution >= 4 is 11.3 Å². The van der Waals surface area contributed by atoms with Crippen molar-refractivity contribution < 1.29 is 4.42 Å². The molecule has 1 atom stereocenters. The SMILES string of the molecule is NC(CNCc1ccco1)c1cccs1. The number of nitrogens with one attached hydrogen (secondary N) is 1. The molecule has 0 aliphatic carbocycles. The fourth-order valence-corrected chi connectivity index (χ4v) is 2.10. The zero-order valence-corrected chi connectivity index (χ0v) is 9.17. The lowest BCUT2D eigenvalue weighted by atomic mass is 10.2. The van der Waals surface area contributed by atoms with Gasteiger partial charge in [-0.1, -0.05) is 6.07 Å². The molecule has 0 saturated heterocycles. The second-order valence-electron chi connectivity index (χ2n) is 3.33. The molecule has 2 rings (SSSR count). The van der Waals surface area contributed by atoms with Gasteiger partial charge in [0, 0.05) is 11.4 Å². The fraction of sp³-hybridized carbons (Fsp3) is 0.273. The largest absolute Gasteiger partial charge is 0.468 e. The molecule has 4 heteroatoms. The molecule has 80 valence electrons. The van der Waals surface area contributed by atoms with Gasteiger partial charge in [-0.3, -0.25) is 0 Å². The van der Waals surface area contributed by atoms with Crippen molar-refractivity contribution in [3.63, 3.8) is 0 Å². The van der Waals surface area contributed by atoms with Gasteiger partial charge in [-0.05, 0) is 23.6 Å². The maximum atomic E-state index is 6.00. The van der Waals surface area contributed by atoms with Gasteiger partial charge in [0.05, 0.1) is 18.8 Å². The Morgan fingerprint density at radius 2 is 2.33 bits per heavy atom.